The number of methoxy groups -OCH3 is 2. The number of amides is 1. The number of rotatable bonds is 5. The molecule has 0 atom stereocenters. The molecule has 0 aromatic heterocycles. The van der Waals surface area contributed by atoms with E-state index in [0.717, 1.165) is 5.56 Å². The monoisotopic (exact) mass is 266 g/mol. The summed E-state index contributed by atoms with van der Waals surface area (Å²) in [5.41, 5.74) is 0.881. The Labute approximate surface area is 114 Å². The van der Waals surface area contributed by atoms with Crippen molar-refractivity contribution in [1.82, 2.24) is 5.32 Å². The van der Waals surface area contributed by atoms with Crippen LogP contribution >= 0.6 is 0 Å². The van der Waals surface area contributed by atoms with Gasteiger partial charge in [-0.05, 0) is 39.4 Å². The number of hydrogen-bond acceptors (Lipinski definition) is 4. The van der Waals surface area contributed by atoms with Crippen LogP contribution in [-0.2, 0) is 4.79 Å². The maximum atomic E-state index is 12.1. The van der Waals surface area contributed by atoms with Crippen LogP contribution in [0.2, 0.25) is 0 Å². The number of anilines is 1. The largest absolute Gasteiger partial charge is 0.496 e. The van der Waals surface area contributed by atoms with E-state index >= 15 is 0 Å². The van der Waals surface area contributed by atoms with Crippen molar-refractivity contribution in [3.63, 3.8) is 0 Å². The molecule has 0 spiro atoms. The van der Waals surface area contributed by atoms with Crippen molar-refractivity contribution in [2.75, 3.05) is 26.6 Å². The molecule has 1 amide bonds. The summed E-state index contributed by atoms with van der Waals surface area (Å²) in [6.45, 7) is 5.53. The van der Waals surface area contributed by atoms with E-state index in [1.807, 2.05) is 13.0 Å². The van der Waals surface area contributed by atoms with Gasteiger partial charge < -0.3 is 20.1 Å². The Morgan fingerprint density at radius 2 is 1.74 bits per heavy atom. The Balaban J connectivity index is 3.09. The fourth-order valence-corrected chi connectivity index (χ4v) is 1.54. The van der Waals surface area contributed by atoms with E-state index in [-0.39, 0.29) is 5.91 Å². The van der Waals surface area contributed by atoms with Crippen molar-refractivity contribution in [1.29, 1.82) is 0 Å². The molecule has 0 aliphatic carbocycles. The lowest BCUT2D eigenvalue weighted by molar-refractivity contribution is -0.121. The molecule has 0 aliphatic heterocycles. The van der Waals surface area contributed by atoms with Crippen LogP contribution in [0.4, 0.5) is 5.69 Å². The molecule has 1 rings (SSSR count). The van der Waals surface area contributed by atoms with Gasteiger partial charge in [0.25, 0.3) is 0 Å². The van der Waals surface area contributed by atoms with Gasteiger partial charge in [-0.25, -0.2) is 0 Å². The zero-order valence-corrected chi connectivity index (χ0v) is 12.4. The number of aryl methyl sites for hydroxylation is 1. The Morgan fingerprint density at radius 1 is 1.16 bits per heavy atom. The van der Waals surface area contributed by atoms with Crippen molar-refractivity contribution < 1.29 is 14.3 Å². The van der Waals surface area contributed by atoms with Crippen molar-refractivity contribution in [2.45, 2.75) is 26.3 Å². The quantitative estimate of drug-likeness (QED) is 0.855. The fourth-order valence-electron chi connectivity index (χ4n) is 1.54. The van der Waals surface area contributed by atoms with Crippen LogP contribution in [0, 0.1) is 6.92 Å². The molecule has 106 valence electrons. The first kappa shape index (κ1) is 15.3. The van der Waals surface area contributed by atoms with Gasteiger partial charge in [0.2, 0.25) is 5.91 Å². The lowest BCUT2D eigenvalue weighted by Gasteiger charge is -2.23. The summed E-state index contributed by atoms with van der Waals surface area (Å²) in [5.74, 6) is 1.18. The maximum Gasteiger partial charge on any atom is 0.244 e. The van der Waals surface area contributed by atoms with Crippen molar-refractivity contribution >= 4 is 11.6 Å². The highest BCUT2D eigenvalue weighted by Crippen LogP contribution is 2.32. The minimum Gasteiger partial charge on any atom is -0.496 e. The molecule has 0 heterocycles. The average molecular weight is 266 g/mol. The first-order valence-corrected chi connectivity index (χ1v) is 6.08. The number of benzene rings is 1. The molecule has 0 radical (unpaired) electrons. The van der Waals surface area contributed by atoms with Crippen molar-refractivity contribution in [3.8, 4) is 11.5 Å². The van der Waals surface area contributed by atoms with Gasteiger partial charge >= 0.3 is 0 Å². The van der Waals surface area contributed by atoms with Gasteiger partial charge in [-0.3, -0.25) is 4.79 Å². The summed E-state index contributed by atoms with van der Waals surface area (Å²) < 4.78 is 10.5. The van der Waals surface area contributed by atoms with Crippen molar-refractivity contribution in [2.24, 2.45) is 0 Å². The smallest absolute Gasteiger partial charge is 0.244 e. The molecule has 19 heavy (non-hydrogen) atoms. The predicted octanol–water partition coefficient (Wildman–Crippen LogP) is 1.95. The predicted molar refractivity (Wildman–Crippen MR) is 76.1 cm³/mol. The molecule has 0 aliphatic rings. The van der Waals surface area contributed by atoms with Crippen molar-refractivity contribution in [3.05, 3.63) is 17.7 Å². The third-order valence-electron chi connectivity index (χ3n) is 3.16. The second-order valence-electron chi connectivity index (χ2n) is 4.85. The van der Waals surface area contributed by atoms with Crippen LogP contribution < -0.4 is 20.1 Å². The van der Waals surface area contributed by atoms with E-state index < -0.39 is 5.54 Å². The first-order chi connectivity index (χ1) is 8.85. The fraction of sp³-hybridized carbons (Fsp3) is 0.500. The van der Waals surface area contributed by atoms with Gasteiger partial charge in [0.15, 0.2) is 0 Å². The molecule has 0 unspecified atom stereocenters. The SMILES string of the molecule is CNC(C)(C)C(=O)Nc1cc(OC)c(C)cc1OC. The Morgan fingerprint density at radius 3 is 2.21 bits per heavy atom. The van der Waals surface area contributed by atoms with Gasteiger partial charge in [-0.1, -0.05) is 0 Å². The second-order valence-corrected chi connectivity index (χ2v) is 4.85. The third-order valence-corrected chi connectivity index (χ3v) is 3.16. The molecule has 0 bridgehead atoms. The number of nitrogens with one attached hydrogen (secondary N) is 2. The van der Waals surface area contributed by atoms with Gasteiger partial charge in [0, 0.05) is 6.07 Å². The minimum atomic E-state index is -0.664. The molecule has 0 fully saturated rings. The van der Waals surface area contributed by atoms with Crippen LogP contribution in [0.5, 0.6) is 11.5 Å². The molecular weight excluding hydrogens is 244 g/mol. The standard InChI is InChI=1S/C14H22N2O3/c1-9-7-12(19-6)10(8-11(9)18-5)16-13(17)14(2,3)15-4/h7-8,15H,1-6H3,(H,16,17). The molecule has 5 heteroatoms. The topological polar surface area (TPSA) is 59.6 Å². The minimum absolute atomic E-state index is 0.140. The van der Waals surface area contributed by atoms with Gasteiger partial charge in [0.05, 0.1) is 25.4 Å². The molecule has 0 saturated heterocycles. The van der Waals surface area contributed by atoms with Crippen LogP contribution in [0.25, 0.3) is 0 Å². The van der Waals surface area contributed by atoms with Gasteiger partial charge in [-0.15, -0.1) is 0 Å². The second kappa shape index (κ2) is 5.93. The number of carbonyl (C=O) groups excluding carboxylic acids is 1. The maximum absolute atomic E-state index is 12.1. The number of likely N-dealkylation sites (N-methyl/N-ethyl adjacent to an activating group) is 1. The highest BCUT2D eigenvalue weighted by Gasteiger charge is 2.26. The zero-order chi connectivity index (χ0) is 14.6. The molecule has 0 saturated carbocycles. The van der Waals surface area contributed by atoms with Gasteiger partial charge in [0.1, 0.15) is 11.5 Å². The van der Waals surface area contributed by atoms with Crippen LogP contribution in [0.15, 0.2) is 12.1 Å². The summed E-state index contributed by atoms with van der Waals surface area (Å²) in [6.07, 6.45) is 0. The first-order valence-electron chi connectivity index (χ1n) is 6.08. The Bertz CT molecular complexity index is 470. The van der Waals surface area contributed by atoms with Crippen LogP contribution in [-0.4, -0.2) is 32.7 Å². The lowest BCUT2D eigenvalue weighted by Crippen LogP contribution is -2.47. The highest BCUT2D eigenvalue weighted by atomic mass is 16.5. The molecule has 2 N–H and O–H groups in total. The molecule has 1 aromatic carbocycles. The van der Waals surface area contributed by atoms with E-state index in [1.165, 1.54) is 0 Å². The summed E-state index contributed by atoms with van der Waals surface area (Å²) >= 11 is 0. The average Bonchev–Trinajstić information content (AvgIpc) is 2.39. The number of carbonyl (C=O) groups is 1. The van der Waals surface area contributed by atoms with E-state index in [9.17, 15) is 4.79 Å². The van der Waals surface area contributed by atoms with Gasteiger partial charge in [-0.2, -0.15) is 0 Å². The van der Waals surface area contributed by atoms with E-state index in [4.69, 9.17) is 9.47 Å². The third kappa shape index (κ3) is 3.38. The van der Waals surface area contributed by atoms with Crippen LogP contribution in [0.1, 0.15) is 19.4 Å². The van der Waals surface area contributed by atoms with E-state index in [0.29, 0.717) is 17.2 Å². The zero-order valence-electron chi connectivity index (χ0n) is 12.4. The summed E-state index contributed by atoms with van der Waals surface area (Å²) in [5, 5.41) is 5.80. The van der Waals surface area contributed by atoms with E-state index in [2.05, 4.69) is 10.6 Å². The number of hydrogen-bond donors (Lipinski definition) is 2. The summed E-state index contributed by atoms with van der Waals surface area (Å²) in [7, 11) is 4.91. The normalized spacial score (nSPS) is 11.1. The van der Waals surface area contributed by atoms with E-state index in [1.54, 1.807) is 41.2 Å². The Kier molecular flexibility index (Phi) is 4.78. The number of ether oxygens (including phenoxy) is 2. The molecule has 1 aromatic rings. The molecule has 5 nitrogen and oxygen atoms in total. The molecular formula is C14H22N2O3. The lowest BCUT2D eigenvalue weighted by atomic mass is 10.0. The highest BCUT2D eigenvalue weighted by molar-refractivity contribution is 5.98. The Hall–Kier alpha value is -1.75. The summed E-state index contributed by atoms with van der Waals surface area (Å²) in [4.78, 5) is 12.1. The summed E-state index contributed by atoms with van der Waals surface area (Å²) in [6, 6.07) is 3.60. The van der Waals surface area contributed by atoms with Crippen LogP contribution in [0.3, 0.4) is 0 Å².